The number of hydrogen-bond acceptors (Lipinski definition) is 4. The number of nitrogens with one attached hydrogen (secondary N) is 2. The Bertz CT molecular complexity index is 318. The van der Waals surface area contributed by atoms with Gasteiger partial charge in [-0.3, -0.25) is 0 Å². The summed E-state index contributed by atoms with van der Waals surface area (Å²) in [5, 5.41) is 18.9. The molecule has 2 atom stereocenters. The van der Waals surface area contributed by atoms with Crippen molar-refractivity contribution in [1.29, 1.82) is 0 Å². The van der Waals surface area contributed by atoms with E-state index in [2.05, 4.69) is 10.6 Å². The first-order valence-electron chi connectivity index (χ1n) is 5.08. The van der Waals surface area contributed by atoms with Crippen LogP contribution in [-0.2, 0) is 6.54 Å². The minimum Gasteiger partial charge on any atom is -0.391 e. The summed E-state index contributed by atoms with van der Waals surface area (Å²) in [5.74, 6) is 0.323. The molecular weight excluding hydrogens is 232 g/mol. The van der Waals surface area contributed by atoms with Crippen molar-refractivity contribution in [2.75, 3.05) is 19.6 Å². The van der Waals surface area contributed by atoms with Crippen LogP contribution in [-0.4, -0.2) is 30.8 Å². The van der Waals surface area contributed by atoms with Crippen molar-refractivity contribution in [3.63, 3.8) is 0 Å². The lowest BCUT2D eigenvalue weighted by atomic mass is 10.1. The van der Waals surface area contributed by atoms with Gasteiger partial charge in [-0.2, -0.15) is 0 Å². The number of thiophene rings is 1. The van der Waals surface area contributed by atoms with E-state index in [0.29, 0.717) is 12.5 Å². The number of aliphatic hydroxyl groups is 1. The van der Waals surface area contributed by atoms with Gasteiger partial charge >= 0.3 is 0 Å². The van der Waals surface area contributed by atoms with Gasteiger partial charge in [0.15, 0.2) is 0 Å². The lowest BCUT2D eigenvalue weighted by Crippen LogP contribution is -2.29. The van der Waals surface area contributed by atoms with E-state index >= 15 is 0 Å². The van der Waals surface area contributed by atoms with Gasteiger partial charge in [0.2, 0.25) is 0 Å². The van der Waals surface area contributed by atoms with Crippen LogP contribution in [0.5, 0.6) is 0 Å². The molecule has 5 heteroatoms. The fraction of sp³-hybridized carbons (Fsp3) is 0.600. The smallest absolute Gasteiger partial charge is 0.0716 e. The zero-order chi connectivity index (χ0) is 10.7. The average molecular weight is 247 g/mol. The molecule has 1 aliphatic rings. The Morgan fingerprint density at radius 1 is 1.60 bits per heavy atom. The highest BCUT2D eigenvalue weighted by Crippen LogP contribution is 2.21. The van der Waals surface area contributed by atoms with Gasteiger partial charge in [0, 0.05) is 37.0 Å². The Kier molecular flexibility index (Phi) is 3.99. The van der Waals surface area contributed by atoms with Gasteiger partial charge in [0.1, 0.15) is 0 Å². The molecule has 2 heterocycles. The van der Waals surface area contributed by atoms with Gasteiger partial charge in [-0.1, -0.05) is 11.6 Å². The molecule has 1 saturated heterocycles. The predicted molar refractivity (Wildman–Crippen MR) is 63.4 cm³/mol. The molecule has 1 aliphatic heterocycles. The summed E-state index contributed by atoms with van der Waals surface area (Å²) in [4.78, 5) is 1.16. The second kappa shape index (κ2) is 5.27. The molecule has 0 bridgehead atoms. The maximum Gasteiger partial charge on any atom is 0.0716 e. The summed E-state index contributed by atoms with van der Waals surface area (Å²) in [6.07, 6.45) is -0.212. The fourth-order valence-electron chi connectivity index (χ4n) is 1.75. The lowest BCUT2D eigenvalue weighted by Gasteiger charge is -2.13. The molecule has 0 aromatic carbocycles. The second-order valence-corrected chi connectivity index (χ2v) is 5.22. The number of halogens is 1. The number of rotatable bonds is 4. The minimum atomic E-state index is -0.212. The van der Waals surface area contributed by atoms with Gasteiger partial charge < -0.3 is 15.7 Å². The van der Waals surface area contributed by atoms with Gasteiger partial charge in [0.25, 0.3) is 0 Å². The van der Waals surface area contributed by atoms with E-state index in [9.17, 15) is 5.11 Å². The summed E-state index contributed by atoms with van der Waals surface area (Å²) >= 11 is 7.63. The lowest BCUT2D eigenvalue weighted by molar-refractivity contribution is 0.146. The van der Waals surface area contributed by atoms with Crippen molar-refractivity contribution in [1.82, 2.24) is 10.6 Å². The topological polar surface area (TPSA) is 44.3 Å². The molecule has 0 saturated carbocycles. The highest BCUT2D eigenvalue weighted by Gasteiger charge is 2.24. The third-order valence-electron chi connectivity index (χ3n) is 2.69. The predicted octanol–water partition coefficient (Wildman–Crippen LogP) is 1.07. The van der Waals surface area contributed by atoms with E-state index in [-0.39, 0.29) is 6.10 Å². The molecule has 0 spiro atoms. The van der Waals surface area contributed by atoms with Gasteiger partial charge in [0.05, 0.1) is 11.1 Å². The summed E-state index contributed by atoms with van der Waals surface area (Å²) < 4.78 is 0. The molecule has 0 amide bonds. The highest BCUT2D eigenvalue weighted by atomic mass is 35.5. The maximum absolute atomic E-state index is 9.57. The van der Waals surface area contributed by atoms with Crippen LogP contribution in [0.25, 0.3) is 0 Å². The van der Waals surface area contributed by atoms with Gasteiger partial charge in [-0.05, 0) is 11.4 Å². The second-order valence-electron chi connectivity index (χ2n) is 3.81. The van der Waals surface area contributed by atoms with Crippen molar-refractivity contribution in [2.45, 2.75) is 12.6 Å². The molecule has 84 valence electrons. The average Bonchev–Trinajstić information content (AvgIpc) is 2.78. The Morgan fingerprint density at radius 3 is 3.07 bits per heavy atom. The van der Waals surface area contributed by atoms with Crippen molar-refractivity contribution >= 4 is 22.9 Å². The molecule has 1 aromatic heterocycles. The third-order valence-corrected chi connectivity index (χ3v) is 4.07. The first-order valence-corrected chi connectivity index (χ1v) is 6.34. The zero-order valence-corrected chi connectivity index (χ0v) is 9.94. The number of β-amino-alcohol motifs (C(OH)–C–C–N with tert-alkyl or cyclic N) is 1. The SMILES string of the molecule is OC1CNCC1CNCc1sccc1Cl. The molecule has 0 radical (unpaired) electrons. The van der Waals surface area contributed by atoms with E-state index in [1.807, 2.05) is 11.4 Å². The van der Waals surface area contributed by atoms with Crippen LogP contribution in [0.2, 0.25) is 5.02 Å². The summed E-state index contributed by atoms with van der Waals surface area (Å²) in [6, 6.07) is 1.91. The van der Waals surface area contributed by atoms with Crippen LogP contribution in [0.15, 0.2) is 11.4 Å². The standard InChI is InChI=1S/C10H15ClN2OS/c11-8-1-2-15-10(8)6-13-4-7-3-12-5-9(7)14/h1-2,7,9,12-14H,3-6H2. The van der Waals surface area contributed by atoms with E-state index in [0.717, 1.165) is 29.5 Å². The van der Waals surface area contributed by atoms with Crippen LogP contribution in [0.3, 0.4) is 0 Å². The molecular formula is C10H15ClN2OS. The molecule has 2 unspecified atom stereocenters. The van der Waals surface area contributed by atoms with E-state index in [4.69, 9.17) is 11.6 Å². The monoisotopic (exact) mass is 246 g/mol. The molecule has 3 N–H and O–H groups in total. The summed E-state index contributed by atoms with van der Waals surface area (Å²) in [7, 11) is 0. The van der Waals surface area contributed by atoms with Crippen molar-refractivity contribution in [3.05, 3.63) is 21.3 Å². The maximum atomic E-state index is 9.57. The van der Waals surface area contributed by atoms with E-state index in [1.54, 1.807) is 11.3 Å². The molecule has 0 aliphatic carbocycles. The Labute approximate surface area is 98.5 Å². The largest absolute Gasteiger partial charge is 0.391 e. The minimum absolute atomic E-state index is 0.212. The molecule has 1 aromatic rings. The Hall–Kier alpha value is -0.130. The first kappa shape index (κ1) is 11.4. The van der Waals surface area contributed by atoms with E-state index in [1.165, 1.54) is 0 Å². The molecule has 3 nitrogen and oxygen atoms in total. The third kappa shape index (κ3) is 2.92. The van der Waals surface area contributed by atoms with Crippen molar-refractivity contribution in [3.8, 4) is 0 Å². The Balaban J connectivity index is 1.73. The van der Waals surface area contributed by atoms with Gasteiger partial charge in [-0.15, -0.1) is 11.3 Å². The van der Waals surface area contributed by atoms with Crippen LogP contribution in [0.4, 0.5) is 0 Å². The normalized spacial score (nSPS) is 26.0. The van der Waals surface area contributed by atoms with Gasteiger partial charge in [-0.25, -0.2) is 0 Å². The highest BCUT2D eigenvalue weighted by molar-refractivity contribution is 7.10. The van der Waals surface area contributed by atoms with Crippen molar-refractivity contribution in [2.24, 2.45) is 5.92 Å². The molecule has 2 rings (SSSR count). The quantitative estimate of drug-likeness (QED) is 0.745. The molecule has 1 fully saturated rings. The summed E-state index contributed by atoms with van der Waals surface area (Å²) in [5.41, 5.74) is 0. The summed E-state index contributed by atoms with van der Waals surface area (Å²) in [6.45, 7) is 3.24. The first-order chi connectivity index (χ1) is 7.27. The van der Waals surface area contributed by atoms with E-state index < -0.39 is 0 Å². The zero-order valence-electron chi connectivity index (χ0n) is 8.37. The van der Waals surface area contributed by atoms with Crippen LogP contribution in [0, 0.1) is 5.92 Å². The Morgan fingerprint density at radius 2 is 2.47 bits per heavy atom. The number of aliphatic hydroxyl groups excluding tert-OH is 1. The molecule has 15 heavy (non-hydrogen) atoms. The number of hydrogen-bond donors (Lipinski definition) is 3. The fourth-order valence-corrected chi connectivity index (χ4v) is 2.82. The van der Waals surface area contributed by atoms with Crippen molar-refractivity contribution < 1.29 is 5.11 Å². The van der Waals surface area contributed by atoms with Crippen LogP contribution >= 0.6 is 22.9 Å². The van der Waals surface area contributed by atoms with Crippen LogP contribution in [0.1, 0.15) is 4.88 Å². The van der Waals surface area contributed by atoms with Crippen LogP contribution < -0.4 is 10.6 Å².